The topological polar surface area (TPSA) is 93.1 Å². The van der Waals surface area contributed by atoms with Gasteiger partial charge in [-0.3, -0.25) is 10.2 Å². The van der Waals surface area contributed by atoms with Crippen LogP contribution in [0.25, 0.3) is 11.0 Å². The van der Waals surface area contributed by atoms with Crippen LogP contribution in [0.1, 0.15) is 10.4 Å². The zero-order valence-corrected chi connectivity index (χ0v) is 13.0. The number of carbonyl (C=O) groups is 1. The SMILES string of the molecule is CNS(=O)(=O)c1ccc(C(=O)Nn2cnc3ccccc32)cc1. The molecule has 0 saturated carbocycles. The highest BCUT2D eigenvalue weighted by Crippen LogP contribution is 2.12. The first-order valence-corrected chi connectivity index (χ1v) is 8.26. The van der Waals surface area contributed by atoms with Crippen molar-refractivity contribution in [3.63, 3.8) is 0 Å². The van der Waals surface area contributed by atoms with Crippen LogP contribution >= 0.6 is 0 Å². The third kappa shape index (κ3) is 2.94. The van der Waals surface area contributed by atoms with Gasteiger partial charge in [0.1, 0.15) is 6.33 Å². The Hall–Kier alpha value is -2.71. The molecule has 0 bridgehead atoms. The Morgan fingerprint density at radius 1 is 1.09 bits per heavy atom. The fourth-order valence-electron chi connectivity index (χ4n) is 2.13. The summed E-state index contributed by atoms with van der Waals surface area (Å²) in [6, 6.07) is 13.1. The third-order valence-corrected chi connectivity index (χ3v) is 4.80. The molecule has 0 atom stereocenters. The smallest absolute Gasteiger partial charge is 0.267 e. The van der Waals surface area contributed by atoms with E-state index in [1.54, 1.807) is 0 Å². The van der Waals surface area contributed by atoms with Gasteiger partial charge in [0.05, 0.1) is 15.9 Å². The summed E-state index contributed by atoms with van der Waals surface area (Å²) in [7, 11) is -2.18. The lowest BCUT2D eigenvalue weighted by Gasteiger charge is -2.08. The summed E-state index contributed by atoms with van der Waals surface area (Å²) in [6.45, 7) is 0. The molecule has 3 rings (SSSR count). The van der Waals surface area contributed by atoms with Gasteiger partial charge in [0.25, 0.3) is 5.91 Å². The zero-order chi connectivity index (χ0) is 16.4. The van der Waals surface area contributed by atoms with Crippen LogP contribution < -0.4 is 10.1 Å². The van der Waals surface area contributed by atoms with E-state index in [9.17, 15) is 13.2 Å². The minimum atomic E-state index is -3.52. The number of carbonyl (C=O) groups excluding carboxylic acids is 1. The van der Waals surface area contributed by atoms with Gasteiger partial charge in [-0.05, 0) is 43.4 Å². The first-order valence-electron chi connectivity index (χ1n) is 6.78. The number of sulfonamides is 1. The largest absolute Gasteiger partial charge is 0.270 e. The molecular formula is C15H14N4O3S. The quantitative estimate of drug-likeness (QED) is 0.755. The fraction of sp³-hybridized carbons (Fsp3) is 0.0667. The standard InChI is InChI=1S/C15H14N4O3S/c1-16-23(21,22)12-8-6-11(7-9-12)15(20)18-19-10-17-13-4-2-3-5-14(13)19/h2-10,16H,1H3,(H,18,20). The van der Waals surface area contributed by atoms with Crippen molar-refractivity contribution in [1.82, 2.24) is 14.4 Å². The van der Waals surface area contributed by atoms with Crippen molar-refractivity contribution in [3.8, 4) is 0 Å². The number of para-hydroxylation sites is 2. The Bertz CT molecular complexity index is 962. The van der Waals surface area contributed by atoms with E-state index >= 15 is 0 Å². The summed E-state index contributed by atoms with van der Waals surface area (Å²) in [4.78, 5) is 16.5. The Balaban J connectivity index is 1.84. The predicted octanol–water partition coefficient (Wildman–Crippen LogP) is 1.33. The Kier molecular flexibility index (Phi) is 3.85. The van der Waals surface area contributed by atoms with Gasteiger partial charge in [0.2, 0.25) is 10.0 Å². The molecule has 3 aromatic rings. The van der Waals surface area contributed by atoms with Gasteiger partial charge in [0.15, 0.2) is 0 Å². The first kappa shape index (κ1) is 15.2. The van der Waals surface area contributed by atoms with Crippen molar-refractivity contribution in [3.05, 3.63) is 60.4 Å². The highest BCUT2D eigenvalue weighted by molar-refractivity contribution is 7.89. The molecule has 0 unspecified atom stereocenters. The number of nitrogens with one attached hydrogen (secondary N) is 2. The Morgan fingerprint density at radius 2 is 1.78 bits per heavy atom. The third-order valence-electron chi connectivity index (χ3n) is 3.37. The van der Waals surface area contributed by atoms with Crippen molar-refractivity contribution < 1.29 is 13.2 Å². The molecule has 118 valence electrons. The first-order chi connectivity index (χ1) is 11.0. The molecule has 0 aliphatic rings. The average Bonchev–Trinajstić information content (AvgIpc) is 2.98. The molecule has 1 aromatic heterocycles. The van der Waals surface area contributed by atoms with Crippen molar-refractivity contribution in [2.75, 3.05) is 12.5 Å². The summed E-state index contributed by atoms with van der Waals surface area (Å²) in [5, 5.41) is 0. The van der Waals surface area contributed by atoms with Crippen molar-refractivity contribution >= 4 is 27.0 Å². The van der Waals surface area contributed by atoms with E-state index in [-0.39, 0.29) is 10.8 Å². The molecule has 0 aliphatic carbocycles. The molecule has 0 spiro atoms. The minimum absolute atomic E-state index is 0.102. The van der Waals surface area contributed by atoms with Crippen molar-refractivity contribution in [1.29, 1.82) is 0 Å². The molecule has 0 radical (unpaired) electrons. The number of nitrogens with zero attached hydrogens (tertiary/aromatic N) is 2. The second-order valence-electron chi connectivity index (χ2n) is 4.78. The van der Waals surface area contributed by atoms with Gasteiger partial charge >= 0.3 is 0 Å². The number of hydrogen-bond donors (Lipinski definition) is 2. The van der Waals surface area contributed by atoms with Crippen molar-refractivity contribution in [2.45, 2.75) is 4.90 Å². The van der Waals surface area contributed by atoms with Gasteiger partial charge in [-0.1, -0.05) is 12.1 Å². The molecule has 8 heteroatoms. The summed E-state index contributed by atoms with van der Waals surface area (Å²) >= 11 is 0. The van der Waals surface area contributed by atoms with Crippen LogP contribution in [-0.4, -0.2) is 31.0 Å². The number of imidazole rings is 1. The molecule has 1 heterocycles. The number of fused-ring (bicyclic) bond motifs is 1. The minimum Gasteiger partial charge on any atom is -0.267 e. The Morgan fingerprint density at radius 3 is 2.48 bits per heavy atom. The maximum atomic E-state index is 12.3. The van der Waals surface area contributed by atoms with Gasteiger partial charge < -0.3 is 0 Å². The maximum Gasteiger partial charge on any atom is 0.270 e. The van der Waals surface area contributed by atoms with Crippen molar-refractivity contribution in [2.24, 2.45) is 0 Å². The number of benzene rings is 2. The van der Waals surface area contributed by atoms with E-state index in [2.05, 4.69) is 15.1 Å². The van der Waals surface area contributed by atoms with E-state index < -0.39 is 10.0 Å². The lowest BCUT2D eigenvalue weighted by atomic mass is 10.2. The summed E-state index contributed by atoms with van der Waals surface area (Å²) in [5.74, 6) is -0.360. The molecule has 0 fully saturated rings. The summed E-state index contributed by atoms with van der Waals surface area (Å²) in [6.07, 6.45) is 1.52. The van der Waals surface area contributed by atoms with Crippen LogP contribution in [0.15, 0.2) is 59.8 Å². The molecule has 23 heavy (non-hydrogen) atoms. The zero-order valence-electron chi connectivity index (χ0n) is 12.2. The molecule has 2 aromatic carbocycles. The van der Waals surface area contributed by atoms with Gasteiger partial charge in [0, 0.05) is 5.56 Å². The van der Waals surface area contributed by atoms with Crippen LogP contribution in [-0.2, 0) is 10.0 Å². The highest BCUT2D eigenvalue weighted by Gasteiger charge is 2.13. The van der Waals surface area contributed by atoms with Crippen LogP contribution in [0.3, 0.4) is 0 Å². The lowest BCUT2D eigenvalue weighted by Crippen LogP contribution is -2.22. The van der Waals surface area contributed by atoms with E-state index in [0.717, 1.165) is 11.0 Å². The highest BCUT2D eigenvalue weighted by atomic mass is 32.2. The van der Waals surface area contributed by atoms with E-state index in [1.165, 1.54) is 42.3 Å². The molecule has 2 N–H and O–H groups in total. The number of hydrogen-bond acceptors (Lipinski definition) is 4. The van der Waals surface area contributed by atoms with Gasteiger partial charge in [-0.25, -0.2) is 22.8 Å². The predicted molar refractivity (Wildman–Crippen MR) is 86.1 cm³/mol. The second-order valence-corrected chi connectivity index (χ2v) is 6.66. The van der Waals surface area contributed by atoms with Crippen LogP contribution in [0, 0.1) is 0 Å². The van der Waals surface area contributed by atoms with Crippen LogP contribution in [0.5, 0.6) is 0 Å². The van der Waals surface area contributed by atoms with Crippen LogP contribution in [0.4, 0.5) is 0 Å². The number of rotatable bonds is 4. The average molecular weight is 330 g/mol. The maximum absolute atomic E-state index is 12.3. The second kappa shape index (κ2) is 5.82. The number of aromatic nitrogens is 2. The van der Waals surface area contributed by atoms with Crippen LogP contribution in [0.2, 0.25) is 0 Å². The summed E-state index contributed by atoms with van der Waals surface area (Å²) in [5.41, 5.74) is 4.59. The normalized spacial score (nSPS) is 11.5. The molecule has 0 saturated heterocycles. The van der Waals surface area contributed by atoms with E-state index in [1.807, 2.05) is 24.3 Å². The van der Waals surface area contributed by atoms with Gasteiger partial charge in [-0.15, -0.1) is 0 Å². The molecule has 7 nitrogen and oxygen atoms in total. The molecule has 1 amide bonds. The molecule has 0 aliphatic heterocycles. The lowest BCUT2D eigenvalue weighted by molar-refractivity contribution is 0.101. The summed E-state index contributed by atoms with van der Waals surface area (Å²) < 4.78 is 27.1. The fourth-order valence-corrected chi connectivity index (χ4v) is 2.86. The number of amides is 1. The Labute approximate surface area is 133 Å². The monoisotopic (exact) mass is 330 g/mol. The van der Waals surface area contributed by atoms with E-state index in [0.29, 0.717) is 5.56 Å². The van der Waals surface area contributed by atoms with E-state index in [4.69, 9.17) is 0 Å². The van der Waals surface area contributed by atoms with Gasteiger partial charge in [-0.2, -0.15) is 0 Å². The molecular weight excluding hydrogens is 316 g/mol.